The fraction of sp³-hybridized carbons (Fsp3) is 0.421. The minimum Gasteiger partial charge on any atom is -0.342 e. The number of amides is 1. The maximum atomic E-state index is 13.0. The van der Waals surface area contributed by atoms with Crippen LogP contribution in [0.3, 0.4) is 0 Å². The Hall–Kier alpha value is -2.15. The largest absolute Gasteiger partial charge is 0.342 e. The number of carbonyl (C=O) groups excluding carboxylic acids is 1. The first-order chi connectivity index (χ1) is 12.5. The maximum absolute atomic E-state index is 13.0. The Morgan fingerprint density at radius 3 is 2.88 bits per heavy atom. The summed E-state index contributed by atoms with van der Waals surface area (Å²) in [5.41, 5.74) is 3.45. The molecular weight excluding hydrogens is 394 g/mol. The molecule has 0 saturated carbocycles. The molecule has 6 nitrogen and oxygen atoms in total. The molecule has 0 bridgehead atoms. The lowest BCUT2D eigenvalue weighted by Gasteiger charge is -2.31. The van der Waals surface area contributed by atoms with Crippen molar-refractivity contribution >= 4 is 32.9 Å². The van der Waals surface area contributed by atoms with E-state index >= 15 is 0 Å². The smallest absolute Gasteiger partial charge is 0.275 e. The molecule has 1 fully saturated rings. The molecule has 0 aliphatic carbocycles. The van der Waals surface area contributed by atoms with Crippen molar-refractivity contribution in [3.63, 3.8) is 0 Å². The highest BCUT2D eigenvalue weighted by Gasteiger charge is 2.30. The first-order valence-electron chi connectivity index (χ1n) is 9.02. The fourth-order valence-corrected chi connectivity index (χ4v) is 4.37. The van der Waals surface area contributed by atoms with Gasteiger partial charge in [-0.2, -0.15) is 5.10 Å². The summed E-state index contributed by atoms with van der Waals surface area (Å²) in [6, 6.07) is 8.04. The minimum absolute atomic E-state index is 0.0270. The van der Waals surface area contributed by atoms with E-state index in [0.717, 1.165) is 46.4 Å². The highest BCUT2D eigenvalue weighted by atomic mass is 79.9. The summed E-state index contributed by atoms with van der Waals surface area (Å²) < 4.78 is 0.781. The standard InChI is InChI=1S/C19H22BrN5O/c1-11(2)16-15(20)17(24-23-16)19(26)25-9-5-6-12(10-25)18-21-13-7-3-4-8-14(13)22-18/h3-4,7-8,11-12H,5-6,9-10H2,1-2H3,(H,21,22)(H,23,24). The number of piperidine rings is 1. The van der Waals surface area contributed by atoms with Gasteiger partial charge >= 0.3 is 0 Å². The SMILES string of the molecule is CC(C)c1[nH]nc(C(=O)N2CCCC(c3nc4ccccc4[nH]3)C2)c1Br. The molecule has 2 N–H and O–H groups in total. The van der Waals surface area contributed by atoms with Crippen LogP contribution in [-0.4, -0.2) is 44.1 Å². The number of H-pyrrole nitrogens is 2. The second kappa shape index (κ2) is 6.87. The van der Waals surface area contributed by atoms with E-state index in [1.54, 1.807) is 0 Å². The van der Waals surface area contributed by atoms with Gasteiger partial charge in [-0.15, -0.1) is 0 Å². The molecule has 1 aliphatic heterocycles. The van der Waals surface area contributed by atoms with Crippen molar-refractivity contribution in [2.45, 2.75) is 38.5 Å². The molecule has 1 unspecified atom stereocenters. The van der Waals surface area contributed by atoms with Crippen LogP contribution in [0, 0.1) is 0 Å². The van der Waals surface area contributed by atoms with Crippen molar-refractivity contribution in [3.8, 4) is 0 Å². The van der Waals surface area contributed by atoms with Gasteiger partial charge in [0.1, 0.15) is 5.82 Å². The molecule has 136 valence electrons. The molecule has 3 heterocycles. The fourth-order valence-electron chi connectivity index (χ4n) is 3.57. The molecule has 4 rings (SSSR count). The molecule has 1 aliphatic rings. The van der Waals surface area contributed by atoms with Gasteiger partial charge in [-0.25, -0.2) is 4.98 Å². The molecule has 1 saturated heterocycles. The molecule has 1 atom stereocenters. The lowest BCUT2D eigenvalue weighted by Crippen LogP contribution is -2.39. The number of imidazole rings is 1. The number of hydrogen-bond donors (Lipinski definition) is 2. The van der Waals surface area contributed by atoms with Crippen LogP contribution >= 0.6 is 15.9 Å². The Bertz CT molecular complexity index is 911. The Morgan fingerprint density at radius 1 is 1.35 bits per heavy atom. The number of rotatable bonds is 3. The number of halogens is 1. The predicted molar refractivity (Wildman–Crippen MR) is 104 cm³/mol. The van der Waals surface area contributed by atoms with Gasteiger partial charge in [0.25, 0.3) is 5.91 Å². The molecular formula is C19H22BrN5O. The number of benzene rings is 1. The van der Waals surface area contributed by atoms with Crippen LogP contribution in [0.25, 0.3) is 11.0 Å². The van der Waals surface area contributed by atoms with Crippen molar-refractivity contribution in [3.05, 3.63) is 46.0 Å². The summed E-state index contributed by atoms with van der Waals surface area (Å²) in [5.74, 6) is 1.44. The minimum atomic E-state index is -0.0270. The topological polar surface area (TPSA) is 77.7 Å². The average molecular weight is 416 g/mol. The third-order valence-electron chi connectivity index (χ3n) is 5.02. The van der Waals surface area contributed by atoms with Crippen molar-refractivity contribution in [2.24, 2.45) is 0 Å². The molecule has 0 radical (unpaired) electrons. The van der Waals surface area contributed by atoms with Crippen LogP contribution in [0.15, 0.2) is 28.7 Å². The number of aromatic nitrogens is 4. The number of nitrogens with one attached hydrogen (secondary N) is 2. The zero-order chi connectivity index (χ0) is 18.3. The lowest BCUT2D eigenvalue weighted by atomic mass is 9.97. The van der Waals surface area contributed by atoms with Crippen LogP contribution in [0.1, 0.15) is 60.5 Å². The molecule has 1 aromatic carbocycles. The first kappa shape index (κ1) is 17.3. The first-order valence-corrected chi connectivity index (χ1v) is 9.81. The number of nitrogens with zero attached hydrogens (tertiary/aromatic N) is 3. The van der Waals surface area contributed by atoms with Crippen molar-refractivity contribution < 1.29 is 4.79 Å². The van der Waals surface area contributed by atoms with Gasteiger partial charge in [-0.1, -0.05) is 26.0 Å². The molecule has 2 aromatic heterocycles. The summed E-state index contributed by atoms with van der Waals surface area (Å²) in [6.07, 6.45) is 2.00. The molecule has 3 aromatic rings. The van der Waals surface area contributed by atoms with E-state index in [-0.39, 0.29) is 17.7 Å². The number of hydrogen-bond acceptors (Lipinski definition) is 3. The van der Waals surface area contributed by atoms with Gasteiger partial charge in [0.05, 0.1) is 21.2 Å². The zero-order valence-corrected chi connectivity index (χ0v) is 16.5. The second-order valence-electron chi connectivity index (χ2n) is 7.18. The maximum Gasteiger partial charge on any atom is 0.275 e. The molecule has 1 amide bonds. The number of para-hydroxylation sites is 2. The molecule has 26 heavy (non-hydrogen) atoms. The number of aromatic amines is 2. The average Bonchev–Trinajstić information content (AvgIpc) is 3.24. The summed E-state index contributed by atoms with van der Waals surface area (Å²) >= 11 is 3.54. The van der Waals surface area contributed by atoms with E-state index in [4.69, 9.17) is 4.98 Å². The highest BCUT2D eigenvalue weighted by Crippen LogP contribution is 2.30. The van der Waals surface area contributed by atoms with E-state index in [2.05, 4.69) is 45.0 Å². The number of fused-ring (bicyclic) bond motifs is 1. The van der Waals surface area contributed by atoms with Crippen molar-refractivity contribution in [2.75, 3.05) is 13.1 Å². The molecule has 0 spiro atoms. The van der Waals surface area contributed by atoms with E-state index in [1.165, 1.54) is 0 Å². The van der Waals surface area contributed by atoms with Crippen LogP contribution in [0.4, 0.5) is 0 Å². The second-order valence-corrected chi connectivity index (χ2v) is 7.98. The predicted octanol–water partition coefficient (Wildman–Crippen LogP) is 4.19. The van der Waals surface area contributed by atoms with Crippen LogP contribution in [-0.2, 0) is 0 Å². The highest BCUT2D eigenvalue weighted by molar-refractivity contribution is 9.10. The van der Waals surface area contributed by atoms with Crippen LogP contribution < -0.4 is 0 Å². The van der Waals surface area contributed by atoms with E-state index in [1.807, 2.05) is 29.2 Å². The monoisotopic (exact) mass is 415 g/mol. The lowest BCUT2D eigenvalue weighted by molar-refractivity contribution is 0.0698. The summed E-state index contributed by atoms with van der Waals surface area (Å²) in [5, 5.41) is 7.25. The van der Waals surface area contributed by atoms with Crippen molar-refractivity contribution in [1.82, 2.24) is 25.1 Å². The number of likely N-dealkylation sites (tertiary alicyclic amines) is 1. The van der Waals surface area contributed by atoms with Gasteiger partial charge < -0.3 is 9.88 Å². The van der Waals surface area contributed by atoms with Gasteiger partial charge in [0, 0.05) is 19.0 Å². The summed E-state index contributed by atoms with van der Waals surface area (Å²) in [4.78, 5) is 23.0. The quantitative estimate of drug-likeness (QED) is 0.672. The Morgan fingerprint density at radius 2 is 2.15 bits per heavy atom. The van der Waals surface area contributed by atoms with E-state index in [0.29, 0.717) is 12.2 Å². The summed E-state index contributed by atoms with van der Waals surface area (Å²) in [6.45, 7) is 5.57. The van der Waals surface area contributed by atoms with Crippen molar-refractivity contribution in [1.29, 1.82) is 0 Å². The van der Waals surface area contributed by atoms with Gasteiger partial charge in [0.15, 0.2) is 5.69 Å². The van der Waals surface area contributed by atoms with E-state index < -0.39 is 0 Å². The third kappa shape index (κ3) is 3.05. The Balaban J connectivity index is 1.55. The normalized spacial score (nSPS) is 18.0. The third-order valence-corrected chi connectivity index (χ3v) is 5.82. The van der Waals surface area contributed by atoms with E-state index in [9.17, 15) is 4.79 Å². The van der Waals surface area contributed by atoms with Gasteiger partial charge in [0.2, 0.25) is 0 Å². The summed E-state index contributed by atoms with van der Waals surface area (Å²) in [7, 11) is 0. The van der Waals surface area contributed by atoms with Crippen LogP contribution in [0.5, 0.6) is 0 Å². The van der Waals surface area contributed by atoms with Crippen LogP contribution in [0.2, 0.25) is 0 Å². The zero-order valence-electron chi connectivity index (χ0n) is 14.9. The Kier molecular flexibility index (Phi) is 4.56. The Labute approximate surface area is 160 Å². The van der Waals surface area contributed by atoms with Gasteiger partial charge in [-0.05, 0) is 46.8 Å². The van der Waals surface area contributed by atoms with Gasteiger partial charge in [-0.3, -0.25) is 9.89 Å². The molecule has 7 heteroatoms. The number of carbonyl (C=O) groups is 1.